The number of piperidine rings is 1. The number of fused-ring (bicyclic) bond motifs is 9. The van der Waals surface area contributed by atoms with Crippen LogP contribution < -0.4 is 0 Å². The lowest BCUT2D eigenvalue weighted by atomic mass is 9.46. The fourth-order valence-electron chi connectivity index (χ4n) is 12.4. The van der Waals surface area contributed by atoms with Crippen molar-refractivity contribution in [3.8, 4) is 0 Å². The normalized spacial score (nSPS) is 57.9. The molecule has 6 nitrogen and oxygen atoms in total. The van der Waals surface area contributed by atoms with Crippen LogP contribution in [0.1, 0.15) is 91.9 Å². The minimum atomic E-state index is -1.27. The molecule has 4 aliphatic carbocycles. The first-order chi connectivity index (χ1) is 19.1. The van der Waals surface area contributed by atoms with Crippen molar-refractivity contribution in [2.24, 2.45) is 52.3 Å². The van der Waals surface area contributed by atoms with Gasteiger partial charge < -0.3 is 25.2 Å². The summed E-state index contributed by atoms with van der Waals surface area (Å²) in [7, 11) is 0. The second-order valence-electron chi connectivity index (χ2n) is 16.2. The molecule has 3 unspecified atom stereocenters. The highest BCUT2D eigenvalue weighted by Gasteiger charge is 2.66. The number of hydrogen-bond acceptors (Lipinski definition) is 6. The second kappa shape index (κ2) is 10.0. The Morgan fingerprint density at radius 1 is 0.925 bits per heavy atom. The van der Waals surface area contributed by atoms with Gasteiger partial charge >= 0.3 is 0 Å². The third-order valence-corrected chi connectivity index (χ3v) is 14.4. The Morgan fingerprint density at radius 3 is 2.48 bits per heavy atom. The fourth-order valence-corrected chi connectivity index (χ4v) is 12.4. The molecule has 3 aliphatic heterocycles. The number of aliphatic hydroxyl groups is 4. The Bertz CT molecular complexity index is 1000. The van der Waals surface area contributed by atoms with Gasteiger partial charge in [0.15, 0.2) is 0 Å². The highest BCUT2D eigenvalue weighted by molar-refractivity contribution is 5.26. The van der Waals surface area contributed by atoms with Gasteiger partial charge in [-0.1, -0.05) is 39.3 Å². The van der Waals surface area contributed by atoms with Crippen molar-refractivity contribution in [1.29, 1.82) is 0 Å². The molecule has 0 spiro atoms. The minimum absolute atomic E-state index is 0.279. The van der Waals surface area contributed by atoms with Crippen molar-refractivity contribution in [1.82, 2.24) is 4.90 Å². The topological polar surface area (TPSA) is 93.4 Å². The molecular formula is C34H55NO5. The van der Waals surface area contributed by atoms with E-state index in [1.165, 1.54) is 51.5 Å². The molecule has 0 bridgehead atoms. The maximum absolute atomic E-state index is 10.6. The van der Waals surface area contributed by atoms with Crippen LogP contribution in [-0.4, -0.2) is 81.1 Å². The Morgan fingerprint density at radius 2 is 1.70 bits per heavy atom. The number of allylic oxidation sites excluding steroid dienone is 2. The van der Waals surface area contributed by atoms with Gasteiger partial charge in [0.05, 0.1) is 12.7 Å². The van der Waals surface area contributed by atoms with Gasteiger partial charge in [0.2, 0.25) is 0 Å². The van der Waals surface area contributed by atoms with Gasteiger partial charge in [-0.2, -0.15) is 0 Å². The third-order valence-electron chi connectivity index (χ3n) is 14.4. The van der Waals surface area contributed by atoms with Crippen LogP contribution >= 0.6 is 0 Å². The Hall–Kier alpha value is -0.500. The van der Waals surface area contributed by atoms with Crippen molar-refractivity contribution < 1.29 is 25.2 Å². The first kappa shape index (κ1) is 28.3. The van der Waals surface area contributed by atoms with Crippen LogP contribution in [0.3, 0.4) is 0 Å². The van der Waals surface area contributed by atoms with Gasteiger partial charge in [-0.25, -0.2) is 0 Å². The van der Waals surface area contributed by atoms with Gasteiger partial charge in [0.1, 0.15) is 24.4 Å². The molecule has 3 heterocycles. The molecule has 3 saturated carbocycles. The molecule has 226 valence electrons. The molecule has 0 aromatic carbocycles. The zero-order valence-corrected chi connectivity index (χ0v) is 25.3. The lowest BCUT2D eigenvalue weighted by Gasteiger charge is -2.58. The standard InChI is InChI=1S/C34H55NO5/c1-18-5-8-25-19(2)29-26(35(25)16-18)15-24-22-7-6-21-13-20(9-11-33(21,3)23(22)10-12-34(24,29)4)14-27-30(37)32(39)31(38)28(17-36)40-27/h6,18-20,22-32,36-39H,5,7-17H2,1-4H3/t18-,19+,20?,22+,23-,24-,25?,26-,27?,28+,29-,30-,31+,32+,33-,34-/m0/s1. The van der Waals surface area contributed by atoms with Crippen LogP contribution in [0.15, 0.2) is 11.6 Å². The Balaban J connectivity index is 1.07. The molecule has 0 amide bonds. The summed E-state index contributed by atoms with van der Waals surface area (Å²) in [5, 5.41) is 40.7. The average molecular weight is 558 g/mol. The van der Waals surface area contributed by atoms with E-state index in [1.807, 2.05) is 0 Å². The fraction of sp³-hybridized carbons (Fsp3) is 0.941. The Kier molecular flexibility index (Phi) is 7.09. The lowest BCUT2D eigenvalue weighted by Crippen LogP contribution is -2.59. The van der Waals surface area contributed by atoms with Crippen LogP contribution in [0.5, 0.6) is 0 Å². The van der Waals surface area contributed by atoms with Gasteiger partial charge in [0, 0.05) is 18.6 Å². The van der Waals surface area contributed by atoms with Crippen LogP contribution in [0.25, 0.3) is 0 Å². The predicted molar refractivity (Wildman–Crippen MR) is 154 cm³/mol. The molecule has 7 aliphatic rings. The van der Waals surface area contributed by atoms with E-state index in [1.54, 1.807) is 5.57 Å². The molecule has 7 rings (SSSR count). The monoisotopic (exact) mass is 557 g/mol. The first-order valence-corrected chi connectivity index (χ1v) is 16.8. The maximum Gasteiger partial charge on any atom is 0.111 e. The molecule has 40 heavy (non-hydrogen) atoms. The van der Waals surface area contributed by atoms with Crippen molar-refractivity contribution in [2.75, 3.05) is 13.2 Å². The molecular weight excluding hydrogens is 502 g/mol. The average Bonchev–Trinajstić information content (AvgIpc) is 3.40. The number of aliphatic hydroxyl groups excluding tert-OH is 4. The van der Waals surface area contributed by atoms with Crippen LogP contribution in [0, 0.1) is 52.3 Å². The van der Waals surface area contributed by atoms with Crippen LogP contribution in [0.4, 0.5) is 0 Å². The minimum Gasteiger partial charge on any atom is -0.394 e. The van der Waals surface area contributed by atoms with Crippen molar-refractivity contribution in [2.45, 2.75) is 135 Å². The number of ether oxygens (including phenoxy) is 1. The van der Waals surface area contributed by atoms with Crippen LogP contribution in [0.2, 0.25) is 0 Å². The summed E-state index contributed by atoms with van der Waals surface area (Å²) in [6.07, 6.45) is 9.92. The van der Waals surface area contributed by atoms with Crippen molar-refractivity contribution in [3.63, 3.8) is 0 Å². The smallest absolute Gasteiger partial charge is 0.111 e. The molecule has 6 heteroatoms. The summed E-state index contributed by atoms with van der Waals surface area (Å²) in [6, 6.07) is 1.64. The van der Waals surface area contributed by atoms with Gasteiger partial charge in [-0.15, -0.1) is 0 Å². The van der Waals surface area contributed by atoms with E-state index in [2.05, 4.69) is 38.7 Å². The molecule has 6 fully saturated rings. The lowest BCUT2D eigenvalue weighted by molar-refractivity contribution is -0.233. The SMILES string of the molecule is C[C@H]1CCC2[C@@H](C)[C@H]3[C@H](C[C@H]4[C@@H]5CC=C6CC(CC7O[C@H](CO)[C@@H](O)[C@H](O)[C@H]7O)CC[C@]6(C)[C@H]5CC[C@]34C)N2C1. The molecule has 16 atom stereocenters. The molecule has 3 saturated heterocycles. The van der Waals surface area contributed by atoms with E-state index in [9.17, 15) is 20.4 Å². The highest BCUT2D eigenvalue weighted by Crippen LogP contribution is 2.70. The molecule has 0 radical (unpaired) electrons. The molecule has 0 aromatic heterocycles. The Labute approximate surface area is 241 Å². The van der Waals surface area contributed by atoms with E-state index in [-0.39, 0.29) is 12.0 Å². The summed E-state index contributed by atoms with van der Waals surface area (Å²) in [5.41, 5.74) is 2.41. The van der Waals surface area contributed by atoms with E-state index < -0.39 is 30.5 Å². The molecule has 0 aromatic rings. The molecule has 4 N–H and O–H groups in total. The van der Waals surface area contributed by atoms with Gasteiger partial charge in [-0.05, 0) is 116 Å². The summed E-state index contributed by atoms with van der Waals surface area (Å²) < 4.78 is 5.89. The second-order valence-corrected chi connectivity index (χ2v) is 16.2. The third kappa shape index (κ3) is 4.02. The summed E-state index contributed by atoms with van der Waals surface area (Å²) in [4.78, 5) is 3.00. The van der Waals surface area contributed by atoms with Crippen LogP contribution in [-0.2, 0) is 4.74 Å². The van der Waals surface area contributed by atoms with E-state index >= 15 is 0 Å². The summed E-state index contributed by atoms with van der Waals surface area (Å²) in [5.74, 6) is 5.41. The number of nitrogens with zero attached hydrogens (tertiary/aromatic N) is 1. The van der Waals surface area contributed by atoms with Gasteiger partial charge in [-0.3, -0.25) is 4.90 Å². The first-order valence-electron chi connectivity index (χ1n) is 16.8. The number of rotatable bonds is 3. The largest absolute Gasteiger partial charge is 0.394 e. The quantitative estimate of drug-likeness (QED) is 0.390. The summed E-state index contributed by atoms with van der Waals surface area (Å²) >= 11 is 0. The van der Waals surface area contributed by atoms with E-state index in [4.69, 9.17) is 4.74 Å². The van der Waals surface area contributed by atoms with Gasteiger partial charge in [0.25, 0.3) is 0 Å². The van der Waals surface area contributed by atoms with E-state index in [0.717, 1.165) is 60.4 Å². The zero-order valence-electron chi connectivity index (χ0n) is 25.3. The zero-order chi connectivity index (χ0) is 28.1. The van der Waals surface area contributed by atoms with Crippen molar-refractivity contribution in [3.05, 3.63) is 11.6 Å². The maximum atomic E-state index is 10.6. The van der Waals surface area contributed by atoms with Crippen molar-refractivity contribution >= 4 is 0 Å². The number of hydrogen-bond donors (Lipinski definition) is 4. The predicted octanol–water partition coefficient (Wildman–Crippen LogP) is 4.14. The van der Waals surface area contributed by atoms with E-state index in [0.29, 0.717) is 17.8 Å². The summed E-state index contributed by atoms with van der Waals surface area (Å²) in [6.45, 7) is 11.3. The highest BCUT2D eigenvalue weighted by atomic mass is 16.5.